The predicted octanol–water partition coefficient (Wildman–Crippen LogP) is 3.57. The van der Waals surface area contributed by atoms with E-state index in [9.17, 15) is 13.7 Å². The summed E-state index contributed by atoms with van der Waals surface area (Å²) in [5.41, 5.74) is 1.47. The van der Waals surface area contributed by atoms with Gasteiger partial charge in [-0.2, -0.15) is 13.7 Å². The number of pyridine rings is 2. The zero-order valence-electron chi connectivity index (χ0n) is 13.4. The van der Waals surface area contributed by atoms with E-state index in [-0.39, 0.29) is 15.6 Å². The number of aryl methyl sites for hydroxylation is 1. The van der Waals surface area contributed by atoms with E-state index in [1.54, 1.807) is 38.2 Å². The summed E-state index contributed by atoms with van der Waals surface area (Å²) in [5, 5.41) is 10.1. The Labute approximate surface area is 150 Å². The fraction of sp³-hybridized carbons (Fsp3) is 0.118. The molecule has 0 aliphatic carbocycles. The number of fused-ring (bicyclic) bond motifs is 1. The van der Waals surface area contributed by atoms with E-state index in [1.165, 1.54) is 0 Å². The Kier molecular flexibility index (Phi) is 4.33. The Hall–Kier alpha value is -2.69. The highest BCUT2D eigenvalue weighted by Gasteiger charge is 2.25. The molecule has 1 aromatic carbocycles. The first-order chi connectivity index (χ1) is 11.8. The number of hydrogen-bond acceptors (Lipinski definition) is 5. The third-order valence-electron chi connectivity index (χ3n) is 3.75. The normalized spacial score (nSPS) is 11.3. The van der Waals surface area contributed by atoms with Gasteiger partial charge in [0.15, 0.2) is 5.03 Å². The molecule has 6 nitrogen and oxygen atoms in total. The lowest BCUT2D eigenvalue weighted by atomic mass is 10.1. The van der Waals surface area contributed by atoms with Crippen LogP contribution in [0, 0.1) is 25.2 Å². The lowest BCUT2D eigenvalue weighted by Crippen LogP contribution is -2.18. The summed E-state index contributed by atoms with van der Waals surface area (Å²) in [4.78, 5) is 8.24. The van der Waals surface area contributed by atoms with Gasteiger partial charge in [0, 0.05) is 11.6 Å². The van der Waals surface area contributed by atoms with Crippen LogP contribution in [0.2, 0.25) is 5.02 Å². The van der Waals surface area contributed by atoms with Crippen molar-refractivity contribution in [2.45, 2.75) is 18.9 Å². The smallest absolute Gasteiger partial charge is 0.276 e. The van der Waals surface area contributed by atoms with E-state index < -0.39 is 10.0 Å². The van der Waals surface area contributed by atoms with Gasteiger partial charge in [-0.3, -0.25) is 9.71 Å². The Balaban J connectivity index is 2.17. The highest BCUT2D eigenvalue weighted by Crippen LogP contribution is 2.29. The first-order valence-corrected chi connectivity index (χ1v) is 9.14. The summed E-state index contributed by atoms with van der Waals surface area (Å²) in [6, 6.07) is 10.6. The third kappa shape index (κ3) is 3.02. The molecule has 0 bridgehead atoms. The van der Waals surface area contributed by atoms with Crippen molar-refractivity contribution in [2.24, 2.45) is 0 Å². The second-order valence-corrected chi connectivity index (χ2v) is 7.39. The molecule has 0 aliphatic rings. The van der Waals surface area contributed by atoms with E-state index in [0.717, 1.165) is 5.39 Å². The number of nitrogens with one attached hydrogen (secondary N) is 1. The maximum Gasteiger partial charge on any atom is 0.280 e. The van der Waals surface area contributed by atoms with Crippen LogP contribution in [0.1, 0.15) is 16.8 Å². The number of hydrogen-bond donors (Lipinski definition) is 1. The molecule has 126 valence electrons. The van der Waals surface area contributed by atoms with Gasteiger partial charge in [0.1, 0.15) is 6.07 Å². The summed E-state index contributed by atoms with van der Waals surface area (Å²) in [7, 11) is -4.09. The molecule has 0 saturated carbocycles. The standard InChI is InChI=1S/C17H13ClN4O2S/c1-10-13(9-19)17(21-11(2)15(10)18)25(23,24)22-14-7-3-5-12-6-4-8-20-16(12)14/h3-8,22H,1-2H3. The van der Waals surface area contributed by atoms with Gasteiger partial charge in [-0.05, 0) is 31.5 Å². The van der Waals surface area contributed by atoms with Crippen molar-refractivity contribution in [3.63, 3.8) is 0 Å². The molecule has 25 heavy (non-hydrogen) atoms. The molecular weight excluding hydrogens is 360 g/mol. The highest BCUT2D eigenvalue weighted by atomic mass is 35.5. The minimum atomic E-state index is -4.09. The van der Waals surface area contributed by atoms with Crippen molar-refractivity contribution in [2.75, 3.05) is 4.72 Å². The number of aromatic nitrogens is 2. The number of halogens is 1. The lowest BCUT2D eigenvalue weighted by molar-refractivity contribution is 0.596. The number of para-hydroxylation sites is 1. The first-order valence-electron chi connectivity index (χ1n) is 7.28. The highest BCUT2D eigenvalue weighted by molar-refractivity contribution is 7.92. The van der Waals surface area contributed by atoms with Crippen LogP contribution in [-0.2, 0) is 10.0 Å². The van der Waals surface area contributed by atoms with E-state index in [0.29, 0.717) is 22.5 Å². The van der Waals surface area contributed by atoms with Gasteiger partial charge < -0.3 is 0 Å². The summed E-state index contributed by atoms with van der Waals surface area (Å²) in [6.07, 6.45) is 1.58. The van der Waals surface area contributed by atoms with Gasteiger partial charge in [0.25, 0.3) is 10.0 Å². The summed E-state index contributed by atoms with van der Waals surface area (Å²) in [6.45, 7) is 3.18. The van der Waals surface area contributed by atoms with Crippen LogP contribution >= 0.6 is 11.6 Å². The zero-order valence-corrected chi connectivity index (χ0v) is 15.0. The third-order valence-corrected chi connectivity index (χ3v) is 5.60. The average molecular weight is 373 g/mol. The predicted molar refractivity (Wildman–Crippen MR) is 96.0 cm³/mol. The minimum Gasteiger partial charge on any atom is -0.276 e. The second kappa shape index (κ2) is 6.31. The van der Waals surface area contributed by atoms with Gasteiger partial charge >= 0.3 is 0 Å². The summed E-state index contributed by atoms with van der Waals surface area (Å²) in [5.74, 6) is 0. The maximum atomic E-state index is 12.8. The summed E-state index contributed by atoms with van der Waals surface area (Å²) >= 11 is 6.08. The van der Waals surface area contributed by atoms with Gasteiger partial charge in [-0.25, -0.2) is 4.98 Å². The molecule has 2 aromatic heterocycles. The van der Waals surface area contributed by atoms with Gasteiger partial charge in [0.05, 0.1) is 27.5 Å². The first kappa shape index (κ1) is 17.1. The Bertz CT molecular complexity index is 1130. The van der Waals surface area contributed by atoms with Gasteiger partial charge in [0.2, 0.25) is 0 Å². The van der Waals surface area contributed by atoms with Crippen LogP contribution in [-0.4, -0.2) is 18.4 Å². The molecule has 1 N–H and O–H groups in total. The van der Waals surface area contributed by atoms with Crippen molar-refractivity contribution in [3.05, 3.63) is 58.4 Å². The molecule has 3 aromatic rings. The van der Waals surface area contributed by atoms with Gasteiger partial charge in [-0.15, -0.1) is 0 Å². The number of anilines is 1. The fourth-order valence-electron chi connectivity index (χ4n) is 2.50. The number of sulfonamides is 1. The topological polar surface area (TPSA) is 95.7 Å². The maximum absolute atomic E-state index is 12.8. The van der Waals surface area contributed by atoms with E-state index in [2.05, 4.69) is 14.7 Å². The van der Waals surface area contributed by atoms with E-state index >= 15 is 0 Å². The van der Waals surface area contributed by atoms with Crippen LogP contribution in [0.25, 0.3) is 10.9 Å². The molecule has 0 saturated heterocycles. The molecule has 2 heterocycles. The molecular formula is C17H13ClN4O2S. The SMILES string of the molecule is Cc1nc(S(=O)(=O)Nc2cccc3cccnc23)c(C#N)c(C)c1Cl. The second-order valence-electron chi connectivity index (χ2n) is 5.41. The Morgan fingerprint density at radius 2 is 1.92 bits per heavy atom. The van der Waals surface area contributed by atoms with Crippen molar-refractivity contribution in [1.82, 2.24) is 9.97 Å². The minimum absolute atomic E-state index is 0.0729. The molecule has 0 atom stereocenters. The zero-order chi connectivity index (χ0) is 18.2. The number of benzene rings is 1. The van der Waals surface area contributed by atoms with Crippen LogP contribution in [0.4, 0.5) is 5.69 Å². The number of nitrogens with zero attached hydrogens (tertiary/aromatic N) is 3. The molecule has 3 rings (SSSR count). The van der Waals surface area contributed by atoms with E-state index in [4.69, 9.17) is 11.6 Å². The molecule has 0 aliphatic heterocycles. The largest absolute Gasteiger partial charge is 0.280 e. The molecule has 0 radical (unpaired) electrons. The lowest BCUT2D eigenvalue weighted by Gasteiger charge is -2.13. The van der Waals surface area contributed by atoms with Crippen molar-refractivity contribution in [1.29, 1.82) is 5.26 Å². The number of rotatable bonds is 3. The fourth-order valence-corrected chi connectivity index (χ4v) is 3.92. The van der Waals surface area contributed by atoms with Crippen molar-refractivity contribution < 1.29 is 8.42 Å². The van der Waals surface area contributed by atoms with Gasteiger partial charge in [-0.1, -0.05) is 29.8 Å². The van der Waals surface area contributed by atoms with Crippen LogP contribution in [0.15, 0.2) is 41.6 Å². The van der Waals surface area contributed by atoms with Crippen LogP contribution < -0.4 is 4.72 Å². The molecule has 0 fully saturated rings. The monoisotopic (exact) mass is 372 g/mol. The van der Waals surface area contributed by atoms with E-state index in [1.807, 2.05) is 18.2 Å². The number of nitriles is 1. The average Bonchev–Trinajstić information content (AvgIpc) is 2.59. The molecule has 0 amide bonds. The van der Waals surface area contributed by atoms with Crippen molar-refractivity contribution in [3.8, 4) is 6.07 Å². The molecule has 0 spiro atoms. The molecule has 8 heteroatoms. The van der Waals surface area contributed by atoms with Crippen molar-refractivity contribution >= 4 is 38.2 Å². The Morgan fingerprint density at radius 3 is 2.64 bits per heavy atom. The quantitative estimate of drug-likeness (QED) is 0.758. The Morgan fingerprint density at radius 1 is 1.20 bits per heavy atom. The summed E-state index contributed by atoms with van der Waals surface area (Å²) < 4.78 is 28.2. The molecule has 0 unspecified atom stereocenters. The van der Waals surface area contributed by atoms with Crippen LogP contribution in [0.5, 0.6) is 0 Å². The van der Waals surface area contributed by atoms with Crippen LogP contribution in [0.3, 0.4) is 0 Å².